The molecule has 3 aromatic heterocycles. The molecular formula is C25H26ClN5O2S. The van der Waals surface area contributed by atoms with Crippen molar-refractivity contribution in [1.82, 2.24) is 24.6 Å². The molecule has 9 heteroatoms. The Kier molecular flexibility index (Phi) is 6.80. The van der Waals surface area contributed by atoms with Crippen molar-refractivity contribution >= 4 is 39.9 Å². The first-order valence-electron chi connectivity index (χ1n) is 11.3. The summed E-state index contributed by atoms with van der Waals surface area (Å²) in [5.41, 5.74) is 2.25. The third-order valence-electron chi connectivity index (χ3n) is 6.01. The fourth-order valence-corrected chi connectivity index (χ4v) is 5.08. The minimum atomic E-state index is 0.0399. The number of amides is 1. The van der Waals surface area contributed by atoms with E-state index in [2.05, 4.69) is 26.4 Å². The van der Waals surface area contributed by atoms with E-state index in [9.17, 15) is 4.79 Å². The van der Waals surface area contributed by atoms with Crippen molar-refractivity contribution in [3.63, 3.8) is 0 Å². The van der Waals surface area contributed by atoms with Gasteiger partial charge in [-0.15, -0.1) is 11.3 Å². The van der Waals surface area contributed by atoms with E-state index in [0.717, 1.165) is 36.4 Å². The van der Waals surface area contributed by atoms with Crippen LogP contribution in [0.4, 0.5) is 0 Å². The number of hydrogen-bond donors (Lipinski definition) is 0. The number of thiophene rings is 1. The Hall–Kier alpha value is -2.94. The second-order valence-corrected chi connectivity index (χ2v) is 9.78. The van der Waals surface area contributed by atoms with Crippen LogP contribution in [-0.4, -0.2) is 69.8 Å². The third kappa shape index (κ3) is 4.94. The van der Waals surface area contributed by atoms with Gasteiger partial charge in [0.2, 0.25) is 0 Å². The van der Waals surface area contributed by atoms with E-state index in [1.165, 1.54) is 4.88 Å². The average molecular weight is 496 g/mol. The molecule has 4 heterocycles. The summed E-state index contributed by atoms with van der Waals surface area (Å²) >= 11 is 7.84. The van der Waals surface area contributed by atoms with E-state index in [4.69, 9.17) is 16.3 Å². The predicted octanol–water partition coefficient (Wildman–Crippen LogP) is 4.34. The lowest BCUT2D eigenvalue weighted by Crippen LogP contribution is -2.49. The highest BCUT2D eigenvalue weighted by Gasteiger charge is 2.25. The monoisotopic (exact) mass is 495 g/mol. The predicted molar refractivity (Wildman–Crippen MR) is 135 cm³/mol. The van der Waals surface area contributed by atoms with Crippen LogP contribution in [0.3, 0.4) is 0 Å². The van der Waals surface area contributed by atoms with Gasteiger partial charge in [0.05, 0.1) is 28.7 Å². The Morgan fingerprint density at radius 2 is 1.97 bits per heavy atom. The molecule has 1 aliphatic rings. The molecule has 1 amide bonds. The molecular weight excluding hydrogens is 470 g/mol. The van der Waals surface area contributed by atoms with Crippen molar-refractivity contribution in [1.29, 1.82) is 0 Å². The largest absolute Gasteiger partial charge is 0.491 e. The van der Waals surface area contributed by atoms with Crippen LogP contribution in [0.2, 0.25) is 5.02 Å². The second kappa shape index (κ2) is 10.1. The Bertz CT molecular complexity index is 1280. The number of carbonyl (C=O) groups excluding carboxylic acids is 1. The lowest BCUT2D eigenvalue weighted by Gasteiger charge is -2.34. The van der Waals surface area contributed by atoms with Gasteiger partial charge in [0.1, 0.15) is 12.4 Å². The van der Waals surface area contributed by atoms with Gasteiger partial charge < -0.3 is 9.64 Å². The lowest BCUT2D eigenvalue weighted by molar-refractivity contribution is 0.0622. The highest BCUT2D eigenvalue weighted by Crippen LogP contribution is 2.24. The number of pyridine rings is 1. The Morgan fingerprint density at radius 3 is 2.74 bits per heavy atom. The maximum Gasteiger partial charge on any atom is 0.254 e. The summed E-state index contributed by atoms with van der Waals surface area (Å²) in [5.74, 6) is 0.743. The Balaban J connectivity index is 1.22. The van der Waals surface area contributed by atoms with Crippen molar-refractivity contribution in [3.8, 4) is 5.75 Å². The molecule has 0 N–H and O–H groups in total. The van der Waals surface area contributed by atoms with E-state index in [1.54, 1.807) is 17.5 Å². The minimum absolute atomic E-state index is 0.0399. The van der Waals surface area contributed by atoms with Crippen molar-refractivity contribution in [2.75, 3.05) is 39.3 Å². The number of ether oxygens (including phenoxy) is 1. The number of hydrogen-bond acceptors (Lipinski definition) is 6. The van der Waals surface area contributed by atoms with Crippen molar-refractivity contribution in [3.05, 3.63) is 75.2 Å². The van der Waals surface area contributed by atoms with Crippen LogP contribution in [0.1, 0.15) is 20.9 Å². The van der Waals surface area contributed by atoms with Crippen molar-refractivity contribution in [2.45, 2.75) is 13.5 Å². The molecule has 0 radical (unpaired) electrons. The first-order valence-corrected chi connectivity index (χ1v) is 12.6. The van der Waals surface area contributed by atoms with E-state index < -0.39 is 0 Å². The van der Waals surface area contributed by atoms with Gasteiger partial charge in [0.25, 0.3) is 5.91 Å². The van der Waals surface area contributed by atoms with Crippen LogP contribution >= 0.6 is 22.9 Å². The Labute approximate surface area is 207 Å². The fourth-order valence-electron chi connectivity index (χ4n) is 4.21. The molecule has 0 unspecified atom stereocenters. The minimum Gasteiger partial charge on any atom is -0.491 e. The lowest BCUT2D eigenvalue weighted by atomic mass is 10.1. The summed E-state index contributed by atoms with van der Waals surface area (Å²) in [6, 6.07) is 13.5. The summed E-state index contributed by atoms with van der Waals surface area (Å²) in [6.45, 7) is 6.90. The van der Waals surface area contributed by atoms with E-state index in [-0.39, 0.29) is 5.91 Å². The zero-order valence-electron chi connectivity index (χ0n) is 19.0. The number of nitrogens with zero attached hydrogens (tertiary/aromatic N) is 5. The highest BCUT2D eigenvalue weighted by atomic mass is 35.5. The standard InChI is InChI=1S/C25H26ClN5O2S/c1-18-15-20(21-16-27-31(24(21)28-18)17-19-5-4-14-34-19)25(32)30-10-8-29(9-11-30)12-13-33-23-7-3-2-6-22(23)26/h2-7,14-16H,8-13,17H2,1H3. The number of carbonyl (C=O) groups is 1. The van der Waals surface area contributed by atoms with Gasteiger partial charge in [-0.25, -0.2) is 9.67 Å². The highest BCUT2D eigenvalue weighted by molar-refractivity contribution is 7.09. The molecule has 5 rings (SSSR count). The van der Waals surface area contributed by atoms with E-state index in [0.29, 0.717) is 42.6 Å². The molecule has 1 aliphatic heterocycles. The number of para-hydroxylation sites is 1. The molecule has 34 heavy (non-hydrogen) atoms. The number of fused-ring (bicyclic) bond motifs is 1. The smallest absolute Gasteiger partial charge is 0.254 e. The second-order valence-electron chi connectivity index (χ2n) is 8.34. The molecule has 0 bridgehead atoms. The zero-order valence-corrected chi connectivity index (χ0v) is 20.6. The number of rotatable bonds is 7. The topological polar surface area (TPSA) is 63.5 Å². The fraction of sp³-hybridized carbons (Fsp3) is 0.320. The number of aromatic nitrogens is 3. The molecule has 4 aromatic rings. The molecule has 1 saturated heterocycles. The van der Waals surface area contributed by atoms with Gasteiger partial charge in [-0.2, -0.15) is 5.10 Å². The number of piperazine rings is 1. The first-order chi connectivity index (χ1) is 16.6. The zero-order chi connectivity index (χ0) is 23.5. The van der Waals surface area contributed by atoms with Crippen LogP contribution in [-0.2, 0) is 6.54 Å². The Morgan fingerprint density at radius 1 is 1.15 bits per heavy atom. The van der Waals surface area contributed by atoms with Crippen molar-refractivity contribution < 1.29 is 9.53 Å². The summed E-state index contributed by atoms with van der Waals surface area (Å²) in [6.07, 6.45) is 1.77. The summed E-state index contributed by atoms with van der Waals surface area (Å²) < 4.78 is 7.69. The van der Waals surface area contributed by atoms with Gasteiger partial charge in [-0.1, -0.05) is 29.8 Å². The summed E-state index contributed by atoms with van der Waals surface area (Å²) in [4.78, 5) is 23.6. The van der Waals surface area contributed by atoms with Gasteiger partial charge in [0.15, 0.2) is 5.65 Å². The number of benzene rings is 1. The maximum atomic E-state index is 13.4. The third-order valence-corrected chi connectivity index (χ3v) is 7.19. The van der Waals surface area contributed by atoms with E-state index >= 15 is 0 Å². The molecule has 176 valence electrons. The van der Waals surface area contributed by atoms with Gasteiger partial charge >= 0.3 is 0 Å². The van der Waals surface area contributed by atoms with Crippen LogP contribution < -0.4 is 4.74 Å². The molecule has 0 aliphatic carbocycles. The van der Waals surface area contributed by atoms with Crippen LogP contribution in [0.15, 0.2) is 54.0 Å². The quantitative estimate of drug-likeness (QED) is 0.381. The molecule has 7 nitrogen and oxygen atoms in total. The molecule has 0 atom stereocenters. The molecule has 0 saturated carbocycles. The van der Waals surface area contributed by atoms with Crippen LogP contribution in [0, 0.1) is 6.92 Å². The average Bonchev–Trinajstić information content (AvgIpc) is 3.50. The van der Waals surface area contributed by atoms with Gasteiger partial charge in [0, 0.05) is 43.3 Å². The van der Waals surface area contributed by atoms with Gasteiger partial charge in [-0.05, 0) is 36.6 Å². The maximum absolute atomic E-state index is 13.4. The van der Waals surface area contributed by atoms with E-state index in [1.807, 2.05) is 52.9 Å². The summed E-state index contributed by atoms with van der Waals surface area (Å²) in [7, 11) is 0. The molecule has 1 fully saturated rings. The molecule has 0 spiro atoms. The van der Waals surface area contributed by atoms with Gasteiger partial charge in [-0.3, -0.25) is 9.69 Å². The van der Waals surface area contributed by atoms with Crippen LogP contribution in [0.25, 0.3) is 11.0 Å². The normalized spacial score (nSPS) is 14.6. The SMILES string of the molecule is Cc1cc(C(=O)N2CCN(CCOc3ccccc3Cl)CC2)c2cnn(Cc3cccs3)c2n1. The summed E-state index contributed by atoms with van der Waals surface area (Å²) in [5, 5.41) is 8.02. The van der Waals surface area contributed by atoms with Crippen molar-refractivity contribution in [2.24, 2.45) is 0 Å². The number of halogens is 1. The molecule has 1 aromatic carbocycles. The first kappa shape index (κ1) is 22.8. The van der Waals surface area contributed by atoms with Crippen LogP contribution in [0.5, 0.6) is 5.75 Å². The number of aryl methyl sites for hydroxylation is 1.